The van der Waals surface area contributed by atoms with E-state index in [2.05, 4.69) is 45.5 Å². The third kappa shape index (κ3) is 12.7. The number of nitrogens with one attached hydrogen (secondary N) is 2. The van der Waals surface area contributed by atoms with Gasteiger partial charge in [0.15, 0.2) is 10.2 Å². The van der Waals surface area contributed by atoms with Crippen molar-refractivity contribution in [3.63, 3.8) is 0 Å². The molecular formula is C7H14N6S2. The maximum Gasteiger partial charge on any atom is 0.184 e. The summed E-state index contributed by atoms with van der Waals surface area (Å²) in [6.07, 6.45) is 5.95. The van der Waals surface area contributed by atoms with Crippen molar-refractivity contribution in [3.8, 4) is 0 Å². The van der Waals surface area contributed by atoms with Gasteiger partial charge >= 0.3 is 0 Å². The fourth-order valence-electron chi connectivity index (χ4n) is 0.648. The van der Waals surface area contributed by atoms with Crippen molar-refractivity contribution in [1.29, 1.82) is 0 Å². The molecule has 0 aromatic heterocycles. The van der Waals surface area contributed by atoms with Gasteiger partial charge in [-0.15, -0.1) is 0 Å². The lowest BCUT2D eigenvalue weighted by molar-refractivity contribution is 0.914. The molecule has 0 spiro atoms. The van der Waals surface area contributed by atoms with Crippen LogP contribution in [0.5, 0.6) is 0 Å². The summed E-state index contributed by atoms with van der Waals surface area (Å²) in [4.78, 5) is 0. The third-order valence-corrected chi connectivity index (χ3v) is 1.38. The number of hydrogen-bond donors (Lipinski definition) is 4. The predicted molar refractivity (Wildman–Crippen MR) is 70.7 cm³/mol. The van der Waals surface area contributed by atoms with Crippen LogP contribution in [-0.4, -0.2) is 22.7 Å². The molecule has 0 saturated carbocycles. The fraction of sp³-hybridized carbons (Fsp3) is 0.429. The van der Waals surface area contributed by atoms with Crippen LogP contribution >= 0.6 is 24.4 Å². The SMILES string of the molecule is NC(=S)N/N=C\CCC/C=N/NC(N)=S. The molecule has 0 unspecified atom stereocenters. The average Bonchev–Trinajstić information content (AvgIpc) is 2.14. The highest BCUT2D eigenvalue weighted by Gasteiger charge is 1.83. The molecule has 0 atom stereocenters. The predicted octanol–water partition coefficient (Wildman–Crippen LogP) is -0.205. The van der Waals surface area contributed by atoms with Crippen LogP contribution in [-0.2, 0) is 0 Å². The molecule has 6 nitrogen and oxygen atoms in total. The summed E-state index contributed by atoms with van der Waals surface area (Å²) in [5.74, 6) is 0. The highest BCUT2D eigenvalue weighted by molar-refractivity contribution is 7.80. The Morgan fingerprint density at radius 3 is 1.73 bits per heavy atom. The second-order valence-electron chi connectivity index (χ2n) is 2.51. The highest BCUT2D eigenvalue weighted by atomic mass is 32.1. The zero-order chi connectivity index (χ0) is 11.5. The first kappa shape index (κ1) is 13.7. The molecule has 0 heterocycles. The molecule has 0 aliphatic carbocycles. The number of hydrogen-bond acceptors (Lipinski definition) is 4. The minimum atomic E-state index is 0.161. The highest BCUT2D eigenvalue weighted by Crippen LogP contribution is 1.88. The summed E-state index contributed by atoms with van der Waals surface area (Å²) in [6, 6.07) is 0. The number of thiocarbonyl (C=S) groups is 2. The number of nitrogens with zero attached hydrogens (tertiary/aromatic N) is 2. The summed E-state index contributed by atoms with van der Waals surface area (Å²) in [5.41, 5.74) is 15.2. The van der Waals surface area contributed by atoms with Crippen LogP contribution in [0, 0.1) is 0 Å². The smallest absolute Gasteiger partial charge is 0.184 e. The van der Waals surface area contributed by atoms with Crippen molar-refractivity contribution in [3.05, 3.63) is 0 Å². The van der Waals surface area contributed by atoms with Crippen molar-refractivity contribution in [2.24, 2.45) is 21.7 Å². The van der Waals surface area contributed by atoms with Crippen LogP contribution in [0.4, 0.5) is 0 Å². The molecule has 0 aromatic rings. The van der Waals surface area contributed by atoms with Crippen LogP contribution in [0.3, 0.4) is 0 Å². The zero-order valence-corrected chi connectivity index (χ0v) is 9.77. The summed E-state index contributed by atoms with van der Waals surface area (Å²) >= 11 is 9.11. The van der Waals surface area contributed by atoms with E-state index in [0.29, 0.717) is 0 Å². The molecule has 84 valence electrons. The van der Waals surface area contributed by atoms with E-state index in [1.165, 1.54) is 0 Å². The van der Waals surface area contributed by atoms with E-state index in [9.17, 15) is 0 Å². The van der Waals surface area contributed by atoms with Gasteiger partial charge < -0.3 is 11.5 Å². The van der Waals surface area contributed by atoms with E-state index in [-0.39, 0.29) is 10.2 Å². The molecule has 0 aliphatic heterocycles. The summed E-state index contributed by atoms with van der Waals surface area (Å²) < 4.78 is 0. The molecule has 0 bridgehead atoms. The van der Waals surface area contributed by atoms with Crippen molar-refractivity contribution in [2.75, 3.05) is 0 Å². The summed E-state index contributed by atoms with van der Waals surface area (Å²) in [5, 5.41) is 7.87. The summed E-state index contributed by atoms with van der Waals surface area (Å²) in [7, 11) is 0. The van der Waals surface area contributed by atoms with Gasteiger partial charge in [0, 0.05) is 12.4 Å². The van der Waals surface area contributed by atoms with Gasteiger partial charge in [-0.05, 0) is 43.7 Å². The lowest BCUT2D eigenvalue weighted by Gasteiger charge is -1.94. The number of nitrogens with two attached hydrogens (primary N) is 2. The van der Waals surface area contributed by atoms with E-state index in [1.807, 2.05) is 0 Å². The van der Waals surface area contributed by atoms with Gasteiger partial charge in [-0.2, -0.15) is 10.2 Å². The lowest BCUT2D eigenvalue weighted by atomic mass is 10.3. The van der Waals surface area contributed by atoms with Gasteiger partial charge in [-0.25, -0.2) is 0 Å². The number of hydrazone groups is 2. The summed E-state index contributed by atoms with van der Waals surface area (Å²) in [6.45, 7) is 0. The van der Waals surface area contributed by atoms with E-state index in [1.54, 1.807) is 12.4 Å². The minimum Gasteiger partial charge on any atom is -0.375 e. The van der Waals surface area contributed by atoms with Gasteiger partial charge in [0.1, 0.15) is 0 Å². The van der Waals surface area contributed by atoms with E-state index < -0.39 is 0 Å². The van der Waals surface area contributed by atoms with E-state index in [0.717, 1.165) is 19.3 Å². The Labute approximate surface area is 99.2 Å². The van der Waals surface area contributed by atoms with Crippen molar-refractivity contribution < 1.29 is 0 Å². The fourth-order valence-corrected chi connectivity index (χ4v) is 0.753. The van der Waals surface area contributed by atoms with Crippen LogP contribution in [0.15, 0.2) is 10.2 Å². The maximum atomic E-state index is 5.15. The van der Waals surface area contributed by atoms with Crippen LogP contribution < -0.4 is 22.3 Å². The largest absolute Gasteiger partial charge is 0.375 e. The second-order valence-corrected chi connectivity index (χ2v) is 3.39. The molecule has 0 aliphatic rings. The quantitative estimate of drug-likeness (QED) is 0.224. The minimum absolute atomic E-state index is 0.161. The second kappa shape index (κ2) is 9.28. The molecule has 0 amide bonds. The maximum absolute atomic E-state index is 5.15. The Hall–Kier alpha value is -1.28. The Balaban J connectivity index is 3.31. The van der Waals surface area contributed by atoms with Crippen molar-refractivity contribution in [1.82, 2.24) is 10.9 Å². The first-order valence-corrected chi connectivity index (χ1v) is 5.08. The van der Waals surface area contributed by atoms with Crippen LogP contribution in [0.2, 0.25) is 0 Å². The Kier molecular flexibility index (Phi) is 8.49. The first-order valence-electron chi connectivity index (χ1n) is 4.27. The number of unbranched alkanes of at least 4 members (excludes halogenated alkanes) is 2. The van der Waals surface area contributed by atoms with Crippen LogP contribution in [0.1, 0.15) is 19.3 Å². The third-order valence-electron chi connectivity index (χ3n) is 1.20. The number of rotatable bonds is 6. The molecule has 15 heavy (non-hydrogen) atoms. The van der Waals surface area contributed by atoms with Gasteiger partial charge in [-0.1, -0.05) is 0 Å². The van der Waals surface area contributed by atoms with Gasteiger partial charge in [0.05, 0.1) is 0 Å². The Morgan fingerprint density at radius 2 is 1.40 bits per heavy atom. The molecular weight excluding hydrogens is 232 g/mol. The Bertz CT molecular complexity index is 236. The molecule has 0 radical (unpaired) electrons. The van der Waals surface area contributed by atoms with E-state index >= 15 is 0 Å². The topological polar surface area (TPSA) is 101 Å². The van der Waals surface area contributed by atoms with Crippen molar-refractivity contribution >= 4 is 47.1 Å². The molecule has 8 heteroatoms. The standard InChI is InChI=1S/C7H14N6S2/c8-6(14)12-10-4-2-1-3-5-11-13-7(9)15/h4-5H,1-3H2,(H3,8,12,14)(H3,9,13,15)/b10-4-,11-5+. The van der Waals surface area contributed by atoms with Gasteiger partial charge in [0.25, 0.3) is 0 Å². The molecule has 6 N–H and O–H groups in total. The molecule has 0 aromatic carbocycles. The van der Waals surface area contributed by atoms with Gasteiger partial charge in [-0.3, -0.25) is 10.9 Å². The van der Waals surface area contributed by atoms with Crippen molar-refractivity contribution in [2.45, 2.75) is 19.3 Å². The molecule has 0 rings (SSSR count). The van der Waals surface area contributed by atoms with Gasteiger partial charge in [0.2, 0.25) is 0 Å². The molecule has 0 fully saturated rings. The average molecular weight is 246 g/mol. The molecule has 0 saturated heterocycles. The van der Waals surface area contributed by atoms with Crippen LogP contribution in [0.25, 0.3) is 0 Å². The van der Waals surface area contributed by atoms with E-state index in [4.69, 9.17) is 11.5 Å². The Morgan fingerprint density at radius 1 is 1.00 bits per heavy atom. The monoisotopic (exact) mass is 246 g/mol. The normalized spacial score (nSPS) is 10.7. The first-order chi connectivity index (χ1) is 7.13. The lowest BCUT2D eigenvalue weighted by Crippen LogP contribution is -2.24. The zero-order valence-electron chi connectivity index (χ0n) is 8.14.